The highest BCUT2D eigenvalue weighted by molar-refractivity contribution is 8.18. The van der Waals surface area contributed by atoms with Gasteiger partial charge in [-0.3, -0.25) is 9.69 Å². The van der Waals surface area contributed by atoms with Gasteiger partial charge in [-0.1, -0.05) is 18.2 Å². The SMILES string of the molecule is CC(Oc1ccccc1/C=C1\SC(=Nc2ccc(O)cc2C(=O)O)N(C)C1=O)C(=O)O. The van der Waals surface area contributed by atoms with Crippen molar-refractivity contribution in [3.8, 4) is 11.5 Å². The predicted octanol–water partition coefficient (Wildman–Crippen LogP) is 3.18. The van der Waals surface area contributed by atoms with Gasteiger partial charge in [0.05, 0.1) is 16.2 Å². The van der Waals surface area contributed by atoms with Crippen LogP contribution in [0.5, 0.6) is 11.5 Å². The van der Waals surface area contributed by atoms with E-state index in [0.29, 0.717) is 16.2 Å². The average molecular weight is 442 g/mol. The van der Waals surface area contributed by atoms with Crippen molar-refractivity contribution in [1.29, 1.82) is 0 Å². The lowest BCUT2D eigenvalue weighted by Gasteiger charge is -2.12. The lowest BCUT2D eigenvalue weighted by atomic mass is 10.1. The van der Waals surface area contributed by atoms with E-state index in [-0.39, 0.29) is 28.1 Å². The maximum atomic E-state index is 12.7. The van der Waals surface area contributed by atoms with Crippen LogP contribution in [0.15, 0.2) is 52.4 Å². The van der Waals surface area contributed by atoms with Gasteiger partial charge in [-0.15, -0.1) is 0 Å². The van der Waals surface area contributed by atoms with E-state index in [1.807, 2.05) is 0 Å². The second-order valence-corrected chi connectivity index (χ2v) is 7.52. The van der Waals surface area contributed by atoms with Crippen molar-refractivity contribution in [1.82, 2.24) is 4.90 Å². The molecule has 1 heterocycles. The monoisotopic (exact) mass is 442 g/mol. The van der Waals surface area contributed by atoms with Gasteiger partial charge in [0.2, 0.25) is 0 Å². The first kappa shape index (κ1) is 21.9. The molecular formula is C21H18N2O7S. The third kappa shape index (κ3) is 4.86. The molecule has 2 aromatic rings. The van der Waals surface area contributed by atoms with Crippen molar-refractivity contribution >= 4 is 46.5 Å². The summed E-state index contributed by atoms with van der Waals surface area (Å²) in [6, 6.07) is 10.4. The number of amides is 1. The van der Waals surface area contributed by atoms with E-state index in [2.05, 4.69) is 4.99 Å². The van der Waals surface area contributed by atoms with E-state index in [1.165, 1.54) is 31.0 Å². The first-order valence-electron chi connectivity index (χ1n) is 8.98. The normalized spacial score (nSPS) is 17.2. The maximum absolute atomic E-state index is 12.7. The summed E-state index contributed by atoms with van der Waals surface area (Å²) in [5.41, 5.74) is 0.400. The summed E-state index contributed by atoms with van der Waals surface area (Å²) < 4.78 is 5.46. The molecular weight excluding hydrogens is 424 g/mol. The minimum atomic E-state index is -1.26. The number of aliphatic imine (C=N–C) groups is 1. The Morgan fingerprint density at radius 2 is 1.90 bits per heavy atom. The van der Waals surface area contributed by atoms with Crippen molar-refractivity contribution in [3.05, 3.63) is 58.5 Å². The van der Waals surface area contributed by atoms with Gasteiger partial charge in [-0.25, -0.2) is 14.6 Å². The van der Waals surface area contributed by atoms with E-state index in [9.17, 15) is 24.6 Å². The summed E-state index contributed by atoms with van der Waals surface area (Å²) in [5, 5.41) is 28.2. The first-order valence-corrected chi connectivity index (χ1v) is 9.80. The summed E-state index contributed by atoms with van der Waals surface area (Å²) in [7, 11) is 1.50. The number of rotatable bonds is 6. The molecule has 1 saturated heterocycles. The molecule has 0 spiro atoms. The van der Waals surface area contributed by atoms with Gasteiger partial charge in [0.1, 0.15) is 11.5 Å². The van der Waals surface area contributed by atoms with E-state index in [4.69, 9.17) is 9.84 Å². The van der Waals surface area contributed by atoms with Gasteiger partial charge in [-0.05, 0) is 49.0 Å². The Labute approximate surface area is 181 Å². The standard InChI is InChI=1S/C21H18N2O7S/c1-11(19(26)27)30-16-6-4-3-5-12(16)9-17-18(25)23(2)21(31-17)22-15-8-7-13(24)10-14(15)20(28)29/h3-11,24H,1-2H3,(H,26,27)(H,28,29)/b17-9-,22-21?. The summed E-state index contributed by atoms with van der Waals surface area (Å²) >= 11 is 1.04. The van der Waals surface area contributed by atoms with Crippen LogP contribution in [-0.4, -0.2) is 56.4 Å². The van der Waals surface area contributed by atoms with Crippen LogP contribution in [0, 0.1) is 0 Å². The maximum Gasteiger partial charge on any atom is 0.344 e. The van der Waals surface area contributed by atoms with Gasteiger partial charge in [0, 0.05) is 12.6 Å². The molecule has 0 radical (unpaired) electrons. The molecule has 1 fully saturated rings. The third-order valence-corrected chi connectivity index (χ3v) is 5.35. The zero-order valence-corrected chi connectivity index (χ0v) is 17.3. The number of carbonyl (C=O) groups excluding carboxylic acids is 1. The minimum Gasteiger partial charge on any atom is -0.508 e. The molecule has 1 atom stereocenters. The Morgan fingerprint density at radius 1 is 1.19 bits per heavy atom. The Hall–Kier alpha value is -3.79. The number of aromatic carboxylic acids is 1. The molecule has 3 N–H and O–H groups in total. The molecule has 31 heavy (non-hydrogen) atoms. The summed E-state index contributed by atoms with van der Waals surface area (Å²) in [4.78, 5) is 41.1. The number of aromatic hydroxyl groups is 1. The molecule has 1 unspecified atom stereocenters. The fraction of sp³-hybridized carbons (Fsp3) is 0.143. The van der Waals surface area contributed by atoms with Gasteiger partial charge in [0.15, 0.2) is 11.3 Å². The Kier molecular flexibility index (Phi) is 6.30. The molecule has 1 aliphatic rings. The average Bonchev–Trinajstić information content (AvgIpc) is 2.98. The molecule has 2 aromatic carbocycles. The van der Waals surface area contributed by atoms with Crippen LogP contribution < -0.4 is 4.74 Å². The number of phenols is 1. The number of benzene rings is 2. The molecule has 0 aromatic heterocycles. The van der Waals surface area contributed by atoms with Gasteiger partial charge < -0.3 is 20.1 Å². The number of aliphatic carboxylic acids is 1. The fourth-order valence-corrected chi connectivity index (χ4v) is 3.61. The highest BCUT2D eigenvalue weighted by atomic mass is 32.2. The van der Waals surface area contributed by atoms with Crippen LogP contribution in [0.4, 0.5) is 5.69 Å². The molecule has 0 bridgehead atoms. The molecule has 3 rings (SSSR count). The molecule has 1 amide bonds. The summed E-state index contributed by atoms with van der Waals surface area (Å²) in [6.07, 6.45) is 0.486. The number of hydrogen-bond acceptors (Lipinski definition) is 7. The summed E-state index contributed by atoms with van der Waals surface area (Å²) in [5.74, 6) is -2.65. The Balaban J connectivity index is 1.95. The highest BCUT2D eigenvalue weighted by Crippen LogP contribution is 2.36. The number of phenolic OH excluding ortho intramolecular Hbond substituents is 1. The molecule has 0 aliphatic carbocycles. The number of para-hydroxylation sites is 1. The number of carboxylic acid groups (broad SMARTS) is 2. The number of thioether (sulfide) groups is 1. The lowest BCUT2D eigenvalue weighted by Crippen LogP contribution is -2.24. The van der Waals surface area contributed by atoms with Crippen molar-refractivity contribution in [3.63, 3.8) is 0 Å². The number of hydrogen-bond donors (Lipinski definition) is 3. The number of carboxylic acids is 2. The van der Waals surface area contributed by atoms with Crippen molar-refractivity contribution in [2.45, 2.75) is 13.0 Å². The molecule has 160 valence electrons. The molecule has 0 saturated carbocycles. The van der Waals surface area contributed by atoms with Crippen LogP contribution in [0.25, 0.3) is 6.08 Å². The summed E-state index contributed by atoms with van der Waals surface area (Å²) in [6.45, 7) is 1.40. The van der Waals surface area contributed by atoms with Crippen molar-refractivity contribution in [2.24, 2.45) is 4.99 Å². The zero-order chi connectivity index (χ0) is 22.7. The van der Waals surface area contributed by atoms with Gasteiger partial charge in [0.25, 0.3) is 5.91 Å². The van der Waals surface area contributed by atoms with Crippen molar-refractivity contribution in [2.75, 3.05) is 7.05 Å². The van der Waals surface area contributed by atoms with Crippen LogP contribution in [-0.2, 0) is 9.59 Å². The van der Waals surface area contributed by atoms with Gasteiger partial charge >= 0.3 is 11.9 Å². The highest BCUT2D eigenvalue weighted by Gasteiger charge is 2.31. The first-order chi connectivity index (χ1) is 14.7. The van der Waals surface area contributed by atoms with E-state index < -0.39 is 18.0 Å². The Bertz CT molecular complexity index is 1130. The quantitative estimate of drug-likeness (QED) is 0.580. The third-order valence-electron chi connectivity index (χ3n) is 4.29. The van der Waals surface area contributed by atoms with Crippen LogP contribution in [0.2, 0.25) is 0 Å². The van der Waals surface area contributed by atoms with E-state index >= 15 is 0 Å². The van der Waals surface area contributed by atoms with Crippen molar-refractivity contribution < 1.29 is 34.4 Å². The number of carbonyl (C=O) groups is 3. The Morgan fingerprint density at radius 3 is 2.58 bits per heavy atom. The second kappa shape index (κ2) is 8.92. The predicted molar refractivity (Wildman–Crippen MR) is 115 cm³/mol. The van der Waals surface area contributed by atoms with Crippen LogP contribution >= 0.6 is 11.8 Å². The van der Waals surface area contributed by atoms with Gasteiger partial charge in [-0.2, -0.15) is 0 Å². The van der Waals surface area contributed by atoms with Crippen LogP contribution in [0.1, 0.15) is 22.8 Å². The molecule has 1 aliphatic heterocycles. The molecule has 9 nitrogen and oxygen atoms in total. The molecule has 10 heteroatoms. The number of amidine groups is 1. The lowest BCUT2D eigenvalue weighted by molar-refractivity contribution is -0.144. The zero-order valence-electron chi connectivity index (χ0n) is 16.5. The number of likely N-dealkylation sites (N-methyl/N-ethyl adjacent to an activating group) is 1. The van der Waals surface area contributed by atoms with E-state index in [0.717, 1.165) is 17.8 Å². The van der Waals surface area contributed by atoms with Crippen LogP contribution in [0.3, 0.4) is 0 Å². The number of ether oxygens (including phenoxy) is 1. The largest absolute Gasteiger partial charge is 0.508 e. The minimum absolute atomic E-state index is 0.0905. The smallest absolute Gasteiger partial charge is 0.344 e. The fourth-order valence-electron chi connectivity index (χ4n) is 2.64. The van der Waals surface area contributed by atoms with E-state index in [1.54, 1.807) is 30.3 Å². The topological polar surface area (TPSA) is 137 Å². The second-order valence-electron chi connectivity index (χ2n) is 6.51. The number of nitrogens with zero attached hydrogens (tertiary/aromatic N) is 2.